The van der Waals surface area contributed by atoms with Crippen LogP contribution in [-0.4, -0.2) is 22.6 Å². The molecule has 0 saturated heterocycles. The van der Waals surface area contributed by atoms with Crippen molar-refractivity contribution in [1.82, 2.24) is 10.6 Å². The van der Waals surface area contributed by atoms with Crippen molar-refractivity contribution in [3.8, 4) is 0 Å². The number of aryl methyl sites for hydroxylation is 1. The highest BCUT2D eigenvalue weighted by atomic mass is 16.4. The van der Waals surface area contributed by atoms with Crippen LogP contribution >= 0.6 is 0 Å². The molecular formula is C14H18N2O3. The molecule has 0 radical (unpaired) electrons. The highest BCUT2D eigenvalue weighted by Crippen LogP contribution is 2.31. The second-order valence-electron chi connectivity index (χ2n) is 5.04. The first-order chi connectivity index (χ1) is 9.02. The Bertz CT molecular complexity index is 495. The highest BCUT2D eigenvalue weighted by Gasteiger charge is 2.45. The van der Waals surface area contributed by atoms with E-state index in [0.29, 0.717) is 19.4 Å². The first kappa shape index (κ1) is 13.4. The van der Waals surface area contributed by atoms with Crippen molar-refractivity contribution < 1.29 is 14.7 Å². The molecule has 5 heteroatoms. The number of amides is 2. The fraction of sp³-hybridized carbons (Fsp3) is 0.429. The van der Waals surface area contributed by atoms with Gasteiger partial charge in [-0.1, -0.05) is 29.8 Å². The Balaban J connectivity index is 1.86. The third-order valence-corrected chi connectivity index (χ3v) is 3.50. The van der Waals surface area contributed by atoms with E-state index in [0.717, 1.165) is 17.5 Å². The van der Waals surface area contributed by atoms with Crippen molar-refractivity contribution in [2.24, 2.45) is 0 Å². The molecule has 1 saturated carbocycles. The Morgan fingerprint density at radius 1 is 1.37 bits per heavy atom. The van der Waals surface area contributed by atoms with Crippen LogP contribution in [0.5, 0.6) is 0 Å². The minimum absolute atomic E-state index is 0.392. The number of hydrogen-bond acceptors (Lipinski definition) is 2. The number of hydrogen-bond donors (Lipinski definition) is 3. The zero-order chi connectivity index (χ0) is 13.9. The Labute approximate surface area is 112 Å². The summed E-state index contributed by atoms with van der Waals surface area (Å²) in [5.41, 5.74) is 1.06. The van der Waals surface area contributed by atoms with Crippen LogP contribution in [0.1, 0.15) is 30.4 Å². The molecule has 0 atom stereocenters. The van der Waals surface area contributed by atoms with Gasteiger partial charge in [0.15, 0.2) is 0 Å². The van der Waals surface area contributed by atoms with Gasteiger partial charge in [-0.2, -0.15) is 0 Å². The topological polar surface area (TPSA) is 78.4 Å². The lowest BCUT2D eigenvalue weighted by Gasteiger charge is -2.38. The van der Waals surface area contributed by atoms with E-state index in [-0.39, 0.29) is 0 Å². The maximum atomic E-state index is 11.7. The number of carbonyl (C=O) groups is 2. The average Bonchev–Trinajstić information content (AvgIpc) is 2.31. The van der Waals surface area contributed by atoms with E-state index < -0.39 is 17.5 Å². The largest absolute Gasteiger partial charge is 0.480 e. The molecule has 1 aliphatic rings. The van der Waals surface area contributed by atoms with Crippen LogP contribution in [0, 0.1) is 6.92 Å². The van der Waals surface area contributed by atoms with Crippen LogP contribution in [0.2, 0.25) is 0 Å². The average molecular weight is 262 g/mol. The molecule has 2 rings (SSSR count). The van der Waals surface area contributed by atoms with Crippen LogP contribution in [0.15, 0.2) is 24.3 Å². The van der Waals surface area contributed by atoms with Gasteiger partial charge in [0, 0.05) is 6.54 Å². The molecule has 2 amide bonds. The zero-order valence-electron chi connectivity index (χ0n) is 10.9. The third kappa shape index (κ3) is 3.05. The summed E-state index contributed by atoms with van der Waals surface area (Å²) in [5, 5.41) is 14.4. The van der Waals surface area contributed by atoms with Gasteiger partial charge in [0.2, 0.25) is 0 Å². The van der Waals surface area contributed by atoms with Crippen LogP contribution in [0.3, 0.4) is 0 Å². The minimum atomic E-state index is -1.06. The molecule has 102 valence electrons. The number of rotatable bonds is 4. The van der Waals surface area contributed by atoms with Crippen molar-refractivity contribution in [1.29, 1.82) is 0 Å². The molecule has 0 unspecified atom stereocenters. The monoisotopic (exact) mass is 262 g/mol. The lowest BCUT2D eigenvalue weighted by Crippen LogP contribution is -2.61. The molecule has 1 aromatic carbocycles. The summed E-state index contributed by atoms with van der Waals surface area (Å²) in [7, 11) is 0. The van der Waals surface area contributed by atoms with E-state index in [2.05, 4.69) is 10.6 Å². The second kappa shape index (κ2) is 5.30. The summed E-state index contributed by atoms with van der Waals surface area (Å²) in [6, 6.07) is 7.38. The Hall–Kier alpha value is -2.04. The fourth-order valence-electron chi connectivity index (χ4n) is 2.19. The summed E-state index contributed by atoms with van der Waals surface area (Å²) in [5.74, 6) is -0.954. The van der Waals surface area contributed by atoms with Crippen molar-refractivity contribution in [2.75, 3.05) is 0 Å². The molecule has 0 aromatic heterocycles. The number of carboxylic acids is 1. The van der Waals surface area contributed by atoms with E-state index in [1.165, 1.54) is 0 Å². The summed E-state index contributed by atoms with van der Waals surface area (Å²) in [6.07, 6.45) is 1.84. The van der Waals surface area contributed by atoms with Crippen molar-refractivity contribution >= 4 is 12.0 Å². The maximum absolute atomic E-state index is 11.7. The van der Waals surface area contributed by atoms with Crippen molar-refractivity contribution in [3.05, 3.63) is 35.4 Å². The molecule has 0 heterocycles. The Kier molecular flexibility index (Phi) is 3.74. The molecule has 0 bridgehead atoms. The van der Waals surface area contributed by atoms with Gasteiger partial charge >= 0.3 is 12.0 Å². The van der Waals surface area contributed by atoms with Gasteiger partial charge in [-0.25, -0.2) is 9.59 Å². The SMILES string of the molecule is Cc1cccc(CNC(=O)NC2(C(=O)O)CCC2)c1. The van der Waals surface area contributed by atoms with Crippen LogP contribution in [-0.2, 0) is 11.3 Å². The number of benzene rings is 1. The molecule has 1 fully saturated rings. The van der Waals surface area contributed by atoms with E-state index in [1.54, 1.807) is 0 Å². The van der Waals surface area contributed by atoms with Crippen LogP contribution in [0.4, 0.5) is 4.79 Å². The number of carboxylic acid groups (broad SMARTS) is 1. The lowest BCUT2D eigenvalue weighted by atomic mass is 9.77. The van der Waals surface area contributed by atoms with Crippen LogP contribution in [0.25, 0.3) is 0 Å². The smallest absolute Gasteiger partial charge is 0.329 e. The second-order valence-corrected chi connectivity index (χ2v) is 5.04. The molecule has 0 aliphatic heterocycles. The lowest BCUT2D eigenvalue weighted by molar-refractivity contribution is -0.148. The number of carbonyl (C=O) groups excluding carboxylic acids is 1. The standard InChI is InChI=1S/C14H18N2O3/c1-10-4-2-5-11(8-10)9-15-13(19)16-14(12(17)18)6-3-7-14/h2,4-5,8H,3,6-7,9H2,1H3,(H,17,18)(H2,15,16,19). The highest BCUT2D eigenvalue weighted by molar-refractivity contribution is 5.87. The Morgan fingerprint density at radius 3 is 2.63 bits per heavy atom. The van der Waals surface area contributed by atoms with Gasteiger partial charge in [0.25, 0.3) is 0 Å². The van der Waals surface area contributed by atoms with E-state index in [9.17, 15) is 9.59 Å². The van der Waals surface area contributed by atoms with E-state index in [1.807, 2.05) is 31.2 Å². The molecule has 1 aromatic rings. The number of aliphatic carboxylic acids is 1. The van der Waals surface area contributed by atoms with Gasteiger partial charge < -0.3 is 15.7 Å². The summed E-state index contributed by atoms with van der Waals surface area (Å²) in [4.78, 5) is 22.8. The molecular weight excluding hydrogens is 244 g/mol. The molecule has 1 aliphatic carbocycles. The van der Waals surface area contributed by atoms with E-state index in [4.69, 9.17) is 5.11 Å². The van der Waals surface area contributed by atoms with Gasteiger partial charge in [-0.05, 0) is 31.7 Å². The molecule has 0 spiro atoms. The minimum Gasteiger partial charge on any atom is -0.480 e. The normalized spacial score (nSPS) is 16.3. The van der Waals surface area contributed by atoms with E-state index >= 15 is 0 Å². The molecule has 5 nitrogen and oxygen atoms in total. The Morgan fingerprint density at radius 2 is 2.11 bits per heavy atom. The predicted molar refractivity (Wildman–Crippen MR) is 70.8 cm³/mol. The van der Waals surface area contributed by atoms with Crippen molar-refractivity contribution in [2.45, 2.75) is 38.3 Å². The quantitative estimate of drug-likeness (QED) is 0.774. The molecule has 3 N–H and O–H groups in total. The van der Waals surface area contributed by atoms with Gasteiger partial charge in [0.05, 0.1) is 0 Å². The first-order valence-corrected chi connectivity index (χ1v) is 6.37. The predicted octanol–water partition coefficient (Wildman–Crippen LogP) is 1.80. The number of nitrogens with one attached hydrogen (secondary N) is 2. The zero-order valence-corrected chi connectivity index (χ0v) is 10.9. The summed E-state index contributed by atoms with van der Waals surface area (Å²) < 4.78 is 0. The number of urea groups is 1. The fourth-order valence-corrected chi connectivity index (χ4v) is 2.19. The van der Waals surface area contributed by atoms with Gasteiger partial charge in [0.1, 0.15) is 5.54 Å². The van der Waals surface area contributed by atoms with Crippen LogP contribution < -0.4 is 10.6 Å². The molecule has 19 heavy (non-hydrogen) atoms. The summed E-state index contributed by atoms with van der Waals surface area (Å²) in [6.45, 7) is 2.38. The van der Waals surface area contributed by atoms with Crippen molar-refractivity contribution in [3.63, 3.8) is 0 Å². The first-order valence-electron chi connectivity index (χ1n) is 6.37. The maximum Gasteiger partial charge on any atom is 0.329 e. The van der Waals surface area contributed by atoms with Gasteiger partial charge in [-0.3, -0.25) is 0 Å². The van der Waals surface area contributed by atoms with Gasteiger partial charge in [-0.15, -0.1) is 0 Å². The third-order valence-electron chi connectivity index (χ3n) is 3.50. The summed E-state index contributed by atoms with van der Waals surface area (Å²) >= 11 is 0.